The number of nitrogens with one attached hydrogen (secondary N) is 1. The van der Waals surface area contributed by atoms with Crippen molar-refractivity contribution in [2.75, 3.05) is 5.32 Å². The molecule has 0 saturated heterocycles. The van der Waals surface area contributed by atoms with Gasteiger partial charge < -0.3 is 5.32 Å². The van der Waals surface area contributed by atoms with Crippen LogP contribution in [-0.2, 0) is 12.8 Å². The first kappa shape index (κ1) is 13.1. The molecule has 0 radical (unpaired) electrons. The first-order chi connectivity index (χ1) is 9.04. The fourth-order valence-electron chi connectivity index (χ4n) is 2.69. The number of nitrogens with zero attached hydrogens (tertiary/aromatic N) is 2. The van der Waals surface area contributed by atoms with Gasteiger partial charge in [-0.05, 0) is 56.2 Å². The summed E-state index contributed by atoms with van der Waals surface area (Å²) in [4.78, 5) is 11.3. The second kappa shape index (κ2) is 4.91. The average molecular weight is 296 g/mol. The molecule has 0 fully saturated rings. The Morgan fingerprint density at radius 2 is 2.16 bits per heavy atom. The summed E-state index contributed by atoms with van der Waals surface area (Å²) in [5.74, 6) is 1.67. The van der Waals surface area contributed by atoms with Gasteiger partial charge in [-0.25, -0.2) is 9.97 Å². The van der Waals surface area contributed by atoms with Crippen LogP contribution in [0.15, 0.2) is 0 Å². The van der Waals surface area contributed by atoms with E-state index in [-0.39, 0.29) is 0 Å². The van der Waals surface area contributed by atoms with Crippen LogP contribution in [-0.4, -0.2) is 16.0 Å². The summed E-state index contributed by atoms with van der Waals surface area (Å²) in [6, 6.07) is 0.340. The Bertz CT molecular complexity index is 621. The molecule has 0 spiro atoms. The molecule has 5 heteroatoms. The summed E-state index contributed by atoms with van der Waals surface area (Å²) < 4.78 is 0. The van der Waals surface area contributed by atoms with Crippen molar-refractivity contribution in [1.29, 1.82) is 0 Å². The van der Waals surface area contributed by atoms with E-state index in [0.717, 1.165) is 29.4 Å². The minimum Gasteiger partial charge on any atom is -0.367 e. The Hall–Kier alpha value is -0.870. The predicted molar refractivity (Wildman–Crippen MR) is 82.4 cm³/mol. The van der Waals surface area contributed by atoms with Gasteiger partial charge in [0.2, 0.25) is 5.28 Å². The van der Waals surface area contributed by atoms with Crippen LogP contribution in [0.25, 0.3) is 10.2 Å². The van der Waals surface area contributed by atoms with Crippen LogP contribution in [0, 0.1) is 5.92 Å². The molecule has 0 aliphatic heterocycles. The summed E-state index contributed by atoms with van der Waals surface area (Å²) in [6.07, 6.45) is 3.55. The number of hydrogen-bond acceptors (Lipinski definition) is 4. The minimum atomic E-state index is 0.335. The van der Waals surface area contributed by atoms with Gasteiger partial charge in [-0.15, -0.1) is 11.3 Å². The molecule has 0 amide bonds. The Kier molecular flexibility index (Phi) is 3.39. The van der Waals surface area contributed by atoms with E-state index in [0.29, 0.717) is 11.3 Å². The lowest BCUT2D eigenvalue weighted by atomic mass is 9.89. The van der Waals surface area contributed by atoms with Crippen molar-refractivity contribution in [2.45, 2.75) is 46.1 Å². The van der Waals surface area contributed by atoms with Crippen LogP contribution in [0.5, 0.6) is 0 Å². The van der Waals surface area contributed by atoms with Gasteiger partial charge in [0.05, 0.1) is 5.39 Å². The lowest BCUT2D eigenvalue weighted by Gasteiger charge is -2.18. The average Bonchev–Trinajstić information content (AvgIpc) is 2.64. The summed E-state index contributed by atoms with van der Waals surface area (Å²) in [5, 5.41) is 4.94. The van der Waals surface area contributed by atoms with Gasteiger partial charge in [-0.2, -0.15) is 0 Å². The zero-order chi connectivity index (χ0) is 13.6. The zero-order valence-electron chi connectivity index (χ0n) is 11.5. The molecular weight excluding hydrogens is 278 g/mol. The molecule has 1 unspecified atom stereocenters. The summed E-state index contributed by atoms with van der Waals surface area (Å²) in [7, 11) is 0. The third-order valence-corrected chi connectivity index (χ3v) is 4.87. The summed E-state index contributed by atoms with van der Waals surface area (Å²) >= 11 is 7.83. The number of fused-ring (bicyclic) bond motifs is 3. The number of thiophene rings is 1. The highest BCUT2D eigenvalue weighted by molar-refractivity contribution is 7.19. The van der Waals surface area contributed by atoms with E-state index in [2.05, 4.69) is 36.1 Å². The quantitative estimate of drug-likeness (QED) is 0.840. The van der Waals surface area contributed by atoms with Crippen LogP contribution >= 0.6 is 22.9 Å². The normalized spacial score (nSPS) is 18.9. The van der Waals surface area contributed by atoms with E-state index in [4.69, 9.17) is 11.6 Å². The Morgan fingerprint density at radius 3 is 2.89 bits per heavy atom. The molecule has 0 bridgehead atoms. The Morgan fingerprint density at radius 1 is 1.37 bits per heavy atom. The van der Waals surface area contributed by atoms with Crippen molar-refractivity contribution in [3.8, 4) is 0 Å². The standard InChI is InChI=1S/C14H18ClN3S/c1-7(2)16-12-11-9-5-4-8(3)6-10(9)19-13(11)18-14(15)17-12/h7-8H,4-6H2,1-3H3,(H,16,17,18). The van der Waals surface area contributed by atoms with E-state index in [9.17, 15) is 0 Å². The minimum absolute atomic E-state index is 0.335. The zero-order valence-corrected chi connectivity index (χ0v) is 13.0. The fourth-order valence-corrected chi connectivity index (χ4v) is 4.30. The van der Waals surface area contributed by atoms with Gasteiger partial charge in [0.25, 0.3) is 0 Å². The Balaban J connectivity index is 2.19. The van der Waals surface area contributed by atoms with Gasteiger partial charge in [-0.3, -0.25) is 0 Å². The van der Waals surface area contributed by atoms with Gasteiger partial charge in [0, 0.05) is 10.9 Å². The summed E-state index contributed by atoms with van der Waals surface area (Å²) in [5.41, 5.74) is 1.44. The van der Waals surface area contributed by atoms with Gasteiger partial charge in [-0.1, -0.05) is 6.92 Å². The topological polar surface area (TPSA) is 37.8 Å². The largest absolute Gasteiger partial charge is 0.367 e. The maximum absolute atomic E-state index is 6.04. The summed E-state index contributed by atoms with van der Waals surface area (Å²) in [6.45, 7) is 6.55. The maximum Gasteiger partial charge on any atom is 0.225 e. The third kappa shape index (κ3) is 2.43. The second-order valence-electron chi connectivity index (χ2n) is 5.67. The molecule has 102 valence electrons. The number of aryl methyl sites for hydroxylation is 1. The van der Waals surface area contributed by atoms with Crippen molar-refractivity contribution >= 4 is 39.0 Å². The second-order valence-corrected chi connectivity index (χ2v) is 7.09. The van der Waals surface area contributed by atoms with E-state index in [1.807, 2.05) is 0 Å². The molecule has 1 N–H and O–H groups in total. The van der Waals surface area contributed by atoms with E-state index in [1.165, 1.54) is 22.2 Å². The van der Waals surface area contributed by atoms with Crippen LogP contribution in [0.1, 0.15) is 37.6 Å². The molecule has 3 nitrogen and oxygen atoms in total. The van der Waals surface area contributed by atoms with Crippen molar-refractivity contribution in [3.63, 3.8) is 0 Å². The number of aromatic nitrogens is 2. The molecule has 2 aromatic heterocycles. The molecule has 0 saturated carbocycles. The lowest BCUT2D eigenvalue weighted by Crippen LogP contribution is -2.13. The Labute approximate surface area is 122 Å². The maximum atomic E-state index is 6.04. The number of hydrogen-bond donors (Lipinski definition) is 1. The van der Waals surface area contributed by atoms with E-state index >= 15 is 0 Å². The van der Waals surface area contributed by atoms with Crippen molar-refractivity contribution in [3.05, 3.63) is 15.7 Å². The molecule has 2 aromatic rings. The van der Waals surface area contributed by atoms with Crippen LogP contribution in [0.2, 0.25) is 5.28 Å². The SMILES string of the molecule is CC1CCc2c(sc3nc(Cl)nc(NC(C)C)c23)C1. The molecule has 3 rings (SSSR count). The van der Waals surface area contributed by atoms with Crippen LogP contribution in [0.4, 0.5) is 5.82 Å². The number of anilines is 1. The molecule has 1 aliphatic carbocycles. The first-order valence-corrected chi connectivity index (χ1v) is 7.98. The van der Waals surface area contributed by atoms with Crippen molar-refractivity contribution in [1.82, 2.24) is 9.97 Å². The van der Waals surface area contributed by atoms with Gasteiger partial charge in [0.15, 0.2) is 0 Å². The molecule has 1 aliphatic rings. The highest BCUT2D eigenvalue weighted by Crippen LogP contribution is 2.40. The fraction of sp³-hybridized carbons (Fsp3) is 0.571. The van der Waals surface area contributed by atoms with Gasteiger partial charge in [0.1, 0.15) is 10.6 Å². The van der Waals surface area contributed by atoms with Crippen molar-refractivity contribution < 1.29 is 0 Å². The highest BCUT2D eigenvalue weighted by Gasteiger charge is 2.23. The molecule has 1 atom stereocenters. The highest BCUT2D eigenvalue weighted by atomic mass is 35.5. The van der Waals surface area contributed by atoms with Crippen molar-refractivity contribution in [2.24, 2.45) is 5.92 Å². The third-order valence-electron chi connectivity index (χ3n) is 3.55. The smallest absolute Gasteiger partial charge is 0.225 e. The number of halogens is 1. The lowest BCUT2D eigenvalue weighted by molar-refractivity contribution is 0.509. The number of rotatable bonds is 2. The van der Waals surface area contributed by atoms with Crippen LogP contribution in [0.3, 0.4) is 0 Å². The van der Waals surface area contributed by atoms with E-state index in [1.54, 1.807) is 11.3 Å². The monoisotopic (exact) mass is 295 g/mol. The molecule has 19 heavy (non-hydrogen) atoms. The molecule has 0 aromatic carbocycles. The molecular formula is C14H18ClN3S. The predicted octanol–water partition coefficient (Wildman–Crippen LogP) is 4.29. The first-order valence-electron chi connectivity index (χ1n) is 6.79. The van der Waals surface area contributed by atoms with Gasteiger partial charge >= 0.3 is 0 Å². The van der Waals surface area contributed by atoms with E-state index < -0.39 is 0 Å². The molecule has 2 heterocycles. The van der Waals surface area contributed by atoms with Crippen LogP contribution < -0.4 is 5.32 Å².